The first-order chi connectivity index (χ1) is 14.8. The molecule has 0 radical (unpaired) electrons. The fourth-order valence-electron chi connectivity index (χ4n) is 4.09. The van der Waals surface area contributed by atoms with Crippen molar-refractivity contribution in [2.75, 3.05) is 40.0 Å². The van der Waals surface area contributed by atoms with Gasteiger partial charge in [-0.1, -0.05) is 6.07 Å². The quantitative estimate of drug-likeness (QED) is 0.207. The number of rotatable bonds is 10. The number of nitrogens with zero attached hydrogens (tertiary/aromatic N) is 3. The molecule has 1 aliphatic heterocycles. The molecule has 0 amide bonds. The summed E-state index contributed by atoms with van der Waals surface area (Å²) in [5.74, 6) is 1.71. The number of aromatic nitrogens is 1. The van der Waals surface area contributed by atoms with Crippen LogP contribution in [0.4, 0.5) is 0 Å². The van der Waals surface area contributed by atoms with E-state index in [1.54, 1.807) is 13.3 Å². The lowest BCUT2D eigenvalue weighted by molar-refractivity contribution is 0.00990. The van der Waals surface area contributed by atoms with Crippen molar-refractivity contribution in [2.24, 2.45) is 4.99 Å². The van der Waals surface area contributed by atoms with Crippen LogP contribution in [-0.2, 0) is 16.0 Å². The smallest absolute Gasteiger partial charge is 0.218 e. The summed E-state index contributed by atoms with van der Waals surface area (Å²) in [5.41, 5.74) is 1.05. The predicted octanol–water partition coefficient (Wildman–Crippen LogP) is 4.00. The van der Waals surface area contributed by atoms with Crippen LogP contribution in [0.25, 0.3) is 0 Å². The molecule has 0 bridgehead atoms. The third-order valence-corrected chi connectivity index (χ3v) is 5.75. The highest BCUT2D eigenvalue weighted by Crippen LogP contribution is 2.25. The fraction of sp³-hybridized carbons (Fsp3) is 0.739. The molecule has 3 rings (SSSR count). The van der Waals surface area contributed by atoms with E-state index in [0.29, 0.717) is 18.8 Å². The second-order valence-electron chi connectivity index (χ2n) is 8.07. The maximum atomic E-state index is 6.17. The number of piperidine rings is 1. The van der Waals surface area contributed by atoms with Gasteiger partial charge in [-0.2, -0.15) is 0 Å². The molecule has 1 aromatic heterocycles. The van der Waals surface area contributed by atoms with Crippen molar-refractivity contribution in [3.8, 4) is 5.88 Å². The number of pyridine rings is 1. The number of aliphatic imine (C=N–C) groups is 1. The molecule has 0 unspecified atom stereocenters. The maximum absolute atomic E-state index is 6.17. The lowest BCUT2D eigenvalue weighted by Gasteiger charge is -2.34. The van der Waals surface area contributed by atoms with Gasteiger partial charge in [-0.3, -0.25) is 0 Å². The highest BCUT2D eigenvalue weighted by molar-refractivity contribution is 14.0. The van der Waals surface area contributed by atoms with E-state index in [0.717, 1.165) is 82.4 Å². The van der Waals surface area contributed by atoms with Crippen molar-refractivity contribution in [1.29, 1.82) is 0 Å². The lowest BCUT2D eigenvalue weighted by Crippen LogP contribution is -2.47. The monoisotopic (exact) mass is 546 g/mol. The van der Waals surface area contributed by atoms with E-state index in [2.05, 4.69) is 28.2 Å². The summed E-state index contributed by atoms with van der Waals surface area (Å²) in [6.45, 7) is 6.99. The Kier molecular flexibility index (Phi) is 12.5. The molecule has 2 fully saturated rings. The van der Waals surface area contributed by atoms with Crippen LogP contribution < -0.4 is 10.1 Å². The van der Waals surface area contributed by atoms with Gasteiger partial charge >= 0.3 is 0 Å². The third-order valence-electron chi connectivity index (χ3n) is 5.75. The first kappa shape index (κ1) is 26.1. The van der Waals surface area contributed by atoms with E-state index < -0.39 is 0 Å². The zero-order valence-corrected chi connectivity index (χ0v) is 21.4. The second-order valence-corrected chi connectivity index (χ2v) is 8.07. The molecule has 0 atom stereocenters. The number of guanidine groups is 1. The summed E-state index contributed by atoms with van der Waals surface area (Å²) in [6.07, 6.45) is 10.2. The number of likely N-dealkylation sites (tertiary alicyclic amines) is 1. The van der Waals surface area contributed by atoms with E-state index in [-0.39, 0.29) is 24.0 Å². The summed E-state index contributed by atoms with van der Waals surface area (Å²) in [4.78, 5) is 11.7. The molecule has 0 aromatic carbocycles. The fourth-order valence-corrected chi connectivity index (χ4v) is 4.09. The molecule has 1 aliphatic carbocycles. The number of hydrogen-bond acceptors (Lipinski definition) is 5. The molecule has 2 aliphatic rings. The molecular weight excluding hydrogens is 507 g/mol. The first-order valence-electron chi connectivity index (χ1n) is 11.5. The van der Waals surface area contributed by atoms with E-state index in [9.17, 15) is 0 Å². The van der Waals surface area contributed by atoms with Crippen LogP contribution in [0, 0.1) is 0 Å². The number of nitrogens with one attached hydrogen (secondary N) is 1. The minimum Gasteiger partial charge on any atom is -0.474 e. The van der Waals surface area contributed by atoms with Gasteiger partial charge in [-0.15, -0.1) is 24.0 Å². The molecule has 1 saturated heterocycles. The van der Waals surface area contributed by atoms with Gasteiger partial charge in [0.2, 0.25) is 5.88 Å². The number of halogens is 1. The van der Waals surface area contributed by atoms with Crippen molar-refractivity contribution in [1.82, 2.24) is 15.2 Å². The zero-order valence-electron chi connectivity index (χ0n) is 19.1. The van der Waals surface area contributed by atoms with Crippen LogP contribution in [-0.4, -0.2) is 68.0 Å². The second kappa shape index (κ2) is 14.8. The van der Waals surface area contributed by atoms with Crippen LogP contribution >= 0.6 is 24.0 Å². The minimum absolute atomic E-state index is 0. The Hall–Kier alpha value is -1.13. The van der Waals surface area contributed by atoms with Gasteiger partial charge in [0.15, 0.2) is 5.96 Å². The van der Waals surface area contributed by atoms with Gasteiger partial charge in [0, 0.05) is 51.7 Å². The van der Waals surface area contributed by atoms with Crippen LogP contribution in [0.5, 0.6) is 5.88 Å². The first-order valence-corrected chi connectivity index (χ1v) is 11.5. The van der Waals surface area contributed by atoms with Gasteiger partial charge in [-0.25, -0.2) is 9.98 Å². The molecule has 1 saturated carbocycles. The van der Waals surface area contributed by atoms with Crippen LogP contribution in [0.2, 0.25) is 0 Å². The van der Waals surface area contributed by atoms with Gasteiger partial charge in [0.1, 0.15) is 6.10 Å². The van der Waals surface area contributed by atoms with E-state index >= 15 is 0 Å². The third kappa shape index (κ3) is 8.73. The number of methoxy groups -OCH3 is 1. The Morgan fingerprint density at radius 1 is 1.16 bits per heavy atom. The van der Waals surface area contributed by atoms with Crippen LogP contribution in [0.15, 0.2) is 23.3 Å². The standard InChI is InChI=1S/C23H38N4O3.HI/c1-3-24-23(27-14-11-20(12-15-27)29-17-7-16-28-2)26-18-19-8-6-13-25-22(19)30-21-9-4-5-10-21;/h6,8,13,20-21H,3-5,7,9-12,14-18H2,1-2H3,(H,24,26);1H. The summed E-state index contributed by atoms with van der Waals surface area (Å²) in [5, 5.41) is 3.45. The zero-order chi connectivity index (χ0) is 21.0. The largest absolute Gasteiger partial charge is 0.474 e. The average Bonchev–Trinajstić information content (AvgIpc) is 3.29. The molecule has 8 heteroatoms. The van der Waals surface area contributed by atoms with Crippen molar-refractivity contribution < 1.29 is 14.2 Å². The molecule has 7 nitrogen and oxygen atoms in total. The van der Waals surface area contributed by atoms with Crippen molar-refractivity contribution in [2.45, 2.75) is 70.6 Å². The summed E-state index contributed by atoms with van der Waals surface area (Å²) in [6, 6.07) is 4.04. The molecule has 2 heterocycles. The lowest BCUT2D eigenvalue weighted by atomic mass is 10.1. The molecule has 31 heavy (non-hydrogen) atoms. The van der Waals surface area contributed by atoms with Crippen molar-refractivity contribution in [3.63, 3.8) is 0 Å². The van der Waals surface area contributed by atoms with Crippen molar-refractivity contribution in [3.05, 3.63) is 23.9 Å². The predicted molar refractivity (Wildman–Crippen MR) is 134 cm³/mol. The summed E-state index contributed by atoms with van der Waals surface area (Å²) < 4.78 is 17.3. The molecular formula is C23H39IN4O3. The van der Waals surface area contributed by atoms with Gasteiger partial charge in [0.25, 0.3) is 0 Å². The van der Waals surface area contributed by atoms with E-state index in [1.807, 2.05) is 6.07 Å². The number of ether oxygens (including phenoxy) is 3. The normalized spacial score (nSPS) is 18.1. The Morgan fingerprint density at radius 3 is 2.65 bits per heavy atom. The Labute approximate surface area is 204 Å². The van der Waals surface area contributed by atoms with E-state index in [4.69, 9.17) is 19.2 Å². The molecule has 0 spiro atoms. The topological polar surface area (TPSA) is 68.2 Å². The average molecular weight is 546 g/mol. The van der Waals surface area contributed by atoms with E-state index in [1.165, 1.54) is 12.8 Å². The number of hydrogen-bond donors (Lipinski definition) is 1. The van der Waals surface area contributed by atoms with Crippen LogP contribution in [0.3, 0.4) is 0 Å². The highest BCUT2D eigenvalue weighted by Gasteiger charge is 2.22. The SMILES string of the molecule is CCNC(=NCc1cccnc1OC1CCCC1)N1CCC(OCCCOC)CC1.I. The Balaban J connectivity index is 0.00000341. The highest BCUT2D eigenvalue weighted by atomic mass is 127. The maximum Gasteiger partial charge on any atom is 0.218 e. The van der Waals surface area contributed by atoms with Crippen LogP contribution in [0.1, 0.15) is 57.4 Å². The molecule has 1 aromatic rings. The Bertz CT molecular complexity index is 647. The summed E-state index contributed by atoms with van der Waals surface area (Å²) >= 11 is 0. The van der Waals surface area contributed by atoms with Gasteiger partial charge in [-0.05, 0) is 57.9 Å². The molecule has 1 N–H and O–H groups in total. The summed E-state index contributed by atoms with van der Waals surface area (Å²) in [7, 11) is 1.73. The van der Waals surface area contributed by atoms with Gasteiger partial charge < -0.3 is 24.4 Å². The molecule has 176 valence electrons. The van der Waals surface area contributed by atoms with Gasteiger partial charge in [0.05, 0.1) is 12.6 Å². The van der Waals surface area contributed by atoms with Crippen molar-refractivity contribution >= 4 is 29.9 Å². The Morgan fingerprint density at radius 2 is 1.94 bits per heavy atom. The minimum atomic E-state index is 0.